The van der Waals surface area contributed by atoms with Crippen LogP contribution in [0.3, 0.4) is 0 Å². The molecule has 0 saturated heterocycles. The lowest BCUT2D eigenvalue weighted by atomic mass is 10.8. The van der Waals surface area contributed by atoms with Crippen LogP contribution >= 0.6 is 11.3 Å². The minimum atomic E-state index is -0.517. The number of hydrogen-bond acceptors (Lipinski definition) is 6. The fourth-order valence-electron chi connectivity index (χ4n) is 0.296. The van der Waals surface area contributed by atoms with Crippen molar-refractivity contribution in [3.05, 3.63) is 21.0 Å². The lowest BCUT2D eigenvalue weighted by Gasteiger charge is -1.81. The molecule has 0 saturated carbocycles. The van der Waals surface area contributed by atoms with Crippen molar-refractivity contribution in [2.24, 2.45) is 11.1 Å². The molecular weight excluding hydrogens is 170 g/mol. The fraction of sp³-hybridized carbons (Fsp3) is 0. The molecule has 11 heavy (non-hydrogen) atoms. The summed E-state index contributed by atoms with van der Waals surface area (Å²) in [6.07, 6.45) is 0. The average Bonchev–Trinajstić information content (AvgIpc) is 2.38. The van der Waals surface area contributed by atoms with Gasteiger partial charge in [-0.1, -0.05) is 16.6 Å². The van der Waals surface area contributed by atoms with Crippen LogP contribution in [0, 0.1) is 15.6 Å². The average molecular weight is 175 g/mol. The maximum atomic E-state index is 9.81. The van der Waals surface area contributed by atoms with Crippen molar-refractivity contribution in [2.75, 3.05) is 0 Å². The molecule has 3 N–H and O–H groups in total. The van der Waals surface area contributed by atoms with E-state index in [1.807, 2.05) is 0 Å². The van der Waals surface area contributed by atoms with Crippen molar-refractivity contribution in [1.29, 1.82) is 5.53 Å². The summed E-state index contributed by atoms with van der Waals surface area (Å²) in [4.78, 5) is 12.7. The van der Waals surface area contributed by atoms with Gasteiger partial charge in [-0.2, -0.15) is 5.53 Å². The largest absolute Gasteiger partial charge is 0.374 e. The summed E-state index contributed by atoms with van der Waals surface area (Å²) < 4.78 is 0. The van der Waals surface area contributed by atoms with Gasteiger partial charge < -0.3 is 16.0 Å². The molecule has 1 heterocycles. The van der Waals surface area contributed by atoms with E-state index in [4.69, 9.17) is 5.53 Å². The molecule has 7 nitrogen and oxygen atoms in total. The minimum absolute atomic E-state index is 0.0741. The molecule has 0 unspecified atom stereocenters. The zero-order chi connectivity index (χ0) is 8.69. The molecule has 0 fully saturated rings. The number of thiazole rings is 1. The SMILES string of the molecule is N=NN.O=[N+]([O-])c1cscn1. The number of aromatic nitrogens is 1. The van der Waals surface area contributed by atoms with Gasteiger partial charge in [-0.3, -0.25) is 0 Å². The van der Waals surface area contributed by atoms with Gasteiger partial charge in [0.25, 0.3) is 0 Å². The molecule has 0 radical (unpaired) electrons. The van der Waals surface area contributed by atoms with Crippen LogP contribution in [0.25, 0.3) is 0 Å². The van der Waals surface area contributed by atoms with E-state index in [2.05, 4.69) is 16.0 Å². The zero-order valence-electron chi connectivity index (χ0n) is 5.30. The first-order valence-electron chi connectivity index (χ1n) is 2.31. The molecule has 8 heteroatoms. The van der Waals surface area contributed by atoms with E-state index in [-0.39, 0.29) is 5.82 Å². The number of nitro groups is 1. The van der Waals surface area contributed by atoms with Gasteiger partial charge in [-0.25, -0.2) is 0 Å². The first kappa shape index (κ1) is 9.43. The highest BCUT2D eigenvalue weighted by atomic mass is 32.1. The summed E-state index contributed by atoms with van der Waals surface area (Å²) >= 11 is 1.22. The van der Waals surface area contributed by atoms with Crippen LogP contribution in [-0.4, -0.2) is 9.91 Å². The maximum Gasteiger partial charge on any atom is 0.374 e. The zero-order valence-corrected chi connectivity index (χ0v) is 6.11. The summed E-state index contributed by atoms with van der Waals surface area (Å²) in [5.41, 5.74) is 7.04. The molecule has 0 atom stereocenters. The van der Waals surface area contributed by atoms with Gasteiger partial charge in [0.15, 0.2) is 5.51 Å². The standard InChI is InChI=1S/C3H2N2O2S.H3N3/c6-5(7)3-1-8-2-4-3;1-3-2/h1-2H;(H3,1,2). The molecule has 1 aromatic rings. The van der Waals surface area contributed by atoms with E-state index in [1.54, 1.807) is 0 Å². The van der Waals surface area contributed by atoms with E-state index in [9.17, 15) is 10.1 Å². The van der Waals surface area contributed by atoms with Gasteiger partial charge in [0.1, 0.15) is 0 Å². The lowest BCUT2D eigenvalue weighted by Crippen LogP contribution is -1.85. The first-order chi connectivity index (χ1) is 5.22. The maximum absolute atomic E-state index is 9.81. The normalized spacial score (nSPS) is 7.64. The van der Waals surface area contributed by atoms with Gasteiger partial charge >= 0.3 is 5.82 Å². The molecule has 0 aliphatic rings. The van der Waals surface area contributed by atoms with Crippen LogP contribution in [0.2, 0.25) is 0 Å². The first-order valence-corrected chi connectivity index (χ1v) is 3.26. The lowest BCUT2D eigenvalue weighted by molar-refractivity contribution is -0.389. The highest BCUT2D eigenvalue weighted by molar-refractivity contribution is 7.07. The van der Waals surface area contributed by atoms with Gasteiger partial charge in [-0.05, 0) is 9.91 Å². The van der Waals surface area contributed by atoms with Gasteiger partial charge in [0, 0.05) is 0 Å². The Morgan fingerprint density at radius 3 is 2.64 bits per heavy atom. The monoisotopic (exact) mass is 175 g/mol. The second-order valence-corrected chi connectivity index (χ2v) is 1.95. The van der Waals surface area contributed by atoms with Gasteiger partial charge in [0.05, 0.1) is 5.38 Å². The molecule has 1 rings (SSSR count). The summed E-state index contributed by atoms with van der Waals surface area (Å²) in [5, 5.41) is 13.5. The van der Waals surface area contributed by atoms with Crippen LogP contribution in [0.1, 0.15) is 0 Å². The van der Waals surface area contributed by atoms with Crippen molar-refractivity contribution in [1.82, 2.24) is 4.98 Å². The quantitative estimate of drug-likeness (QED) is 0.285. The molecule has 0 aliphatic carbocycles. The third-order valence-electron chi connectivity index (χ3n) is 0.606. The number of nitrogens with zero attached hydrogens (tertiary/aromatic N) is 3. The Kier molecular flexibility index (Phi) is 4.49. The molecule has 0 amide bonds. The van der Waals surface area contributed by atoms with Crippen LogP contribution in [-0.2, 0) is 0 Å². The van der Waals surface area contributed by atoms with E-state index >= 15 is 0 Å². The Labute approximate surface area is 65.5 Å². The van der Waals surface area contributed by atoms with E-state index < -0.39 is 4.92 Å². The van der Waals surface area contributed by atoms with E-state index in [0.717, 1.165) is 0 Å². The molecule has 60 valence electrons. The van der Waals surface area contributed by atoms with Crippen molar-refractivity contribution in [2.45, 2.75) is 0 Å². The van der Waals surface area contributed by atoms with Crippen LogP contribution in [0.4, 0.5) is 5.82 Å². The summed E-state index contributed by atoms with van der Waals surface area (Å²) in [6, 6.07) is 0. The highest BCUT2D eigenvalue weighted by Crippen LogP contribution is 2.08. The van der Waals surface area contributed by atoms with Crippen LogP contribution in [0.5, 0.6) is 0 Å². The number of nitrogens with one attached hydrogen (secondary N) is 1. The molecule has 1 aromatic heterocycles. The topological polar surface area (TPSA) is 118 Å². The Morgan fingerprint density at radius 1 is 1.91 bits per heavy atom. The predicted octanol–water partition coefficient (Wildman–Crippen LogP) is 0.942. The third-order valence-corrected chi connectivity index (χ3v) is 1.18. The van der Waals surface area contributed by atoms with Crippen molar-refractivity contribution >= 4 is 17.2 Å². The Balaban J connectivity index is 0.000000292. The van der Waals surface area contributed by atoms with Crippen LogP contribution in [0.15, 0.2) is 16.1 Å². The molecule has 0 spiro atoms. The summed E-state index contributed by atoms with van der Waals surface area (Å²) in [6.45, 7) is 0. The smallest absolute Gasteiger partial charge is 0.358 e. The number of hydrogen-bond donors (Lipinski definition) is 2. The number of rotatable bonds is 1. The van der Waals surface area contributed by atoms with Crippen LogP contribution < -0.4 is 5.84 Å². The van der Waals surface area contributed by atoms with Crippen molar-refractivity contribution < 1.29 is 4.92 Å². The third kappa shape index (κ3) is 3.92. The molecule has 0 aromatic carbocycles. The summed E-state index contributed by atoms with van der Waals surface area (Å²) in [5.74, 6) is 4.06. The Hall–Kier alpha value is -1.57. The highest BCUT2D eigenvalue weighted by Gasteiger charge is 2.03. The van der Waals surface area contributed by atoms with Gasteiger partial charge in [-0.15, -0.1) is 0 Å². The molecule has 0 bridgehead atoms. The Bertz CT molecular complexity index is 222. The number of nitrogens with two attached hydrogens (primary N) is 1. The van der Waals surface area contributed by atoms with E-state index in [0.29, 0.717) is 0 Å². The Morgan fingerprint density at radius 2 is 2.45 bits per heavy atom. The van der Waals surface area contributed by atoms with Crippen molar-refractivity contribution in [3.63, 3.8) is 0 Å². The summed E-state index contributed by atoms with van der Waals surface area (Å²) in [7, 11) is 0. The second-order valence-electron chi connectivity index (χ2n) is 1.23. The fourth-order valence-corrected chi connectivity index (χ4v) is 0.795. The molecule has 0 aliphatic heterocycles. The second kappa shape index (κ2) is 5.23. The molecular formula is C3H5N5O2S. The predicted molar refractivity (Wildman–Crippen MR) is 38.1 cm³/mol. The van der Waals surface area contributed by atoms with E-state index in [1.165, 1.54) is 22.2 Å². The minimum Gasteiger partial charge on any atom is -0.358 e. The van der Waals surface area contributed by atoms with Crippen molar-refractivity contribution in [3.8, 4) is 0 Å². The van der Waals surface area contributed by atoms with Gasteiger partial charge in [0.2, 0.25) is 0 Å².